The fraction of sp³-hybridized carbons (Fsp3) is 0.648. The molecule has 436 valence electrons. The molecule has 0 N–H and O–H groups in total. The van der Waals surface area contributed by atoms with Crippen LogP contribution < -0.4 is 0 Å². The number of hydrogen-bond donors (Lipinski definition) is 0. The molecule has 0 radical (unpaired) electrons. The number of allylic oxidation sites excluding steroid dienone is 22. The van der Waals surface area contributed by atoms with E-state index < -0.39 is 6.10 Å². The SMILES string of the molecule is CC/C=C\C/C=C\C/C=C\C/C=C\C/C=C\C/C=C\C/C=C\CCCCCCCCCC(=O)OCC(COC(=O)CC/C=C\C/C=C\C/C=C\C/C=C\CC)OC(=O)CCCCCCCCCCCCCCCCCCC. The Bertz CT molecular complexity index is 1650. The molecule has 6 nitrogen and oxygen atoms in total. The van der Waals surface area contributed by atoms with Gasteiger partial charge in [0.25, 0.3) is 0 Å². The smallest absolute Gasteiger partial charge is 0.306 e. The van der Waals surface area contributed by atoms with E-state index in [1.165, 1.54) is 116 Å². The second-order valence-electron chi connectivity index (χ2n) is 20.6. The maximum Gasteiger partial charge on any atom is 0.306 e. The molecule has 0 saturated carbocycles. The van der Waals surface area contributed by atoms with Gasteiger partial charge in [-0.15, -0.1) is 0 Å². The highest BCUT2D eigenvalue weighted by atomic mass is 16.6. The minimum atomic E-state index is -0.815. The van der Waals surface area contributed by atoms with Crippen LogP contribution in [0.25, 0.3) is 0 Å². The van der Waals surface area contributed by atoms with E-state index >= 15 is 0 Å². The van der Waals surface area contributed by atoms with Crippen molar-refractivity contribution in [2.75, 3.05) is 13.2 Å². The molecule has 6 heteroatoms. The monoisotopic (exact) mass is 1060 g/mol. The Morgan fingerprint density at radius 3 is 0.870 bits per heavy atom. The van der Waals surface area contributed by atoms with Crippen molar-refractivity contribution in [1.82, 2.24) is 0 Å². The molecule has 0 bridgehead atoms. The lowest BCUT2D eigenvalue weighted by molar-refractivity contribution is -0.166. The van der Waals surface area contributed by atoms with E-state index in [9.17, 15) is 14.4 Å². The average Bonchev–Trinajstić information content (AvgIpc) is 3.43. The van der Waals surface area contributed by atoms with E-state index in [1.807, 2.05) is 6.08 Å². The Balaban J connectivity index is 4.37. The summed E-state index contributed by atoms with van der Waals surface area (Å²) in [6, 6.07) is 0. The van der Waals surface area contributed by atoms with Crippen LogP contribution in [0.4, 0.5) is 0 Å². The highest BCUT2D eigenvalue weighted by Crippen LogP contribution is 2.16. The molecule has 0 fully saturated rings. The summed E-state index contributed by atoms with van der Waals surface area (Å²) in [6.07, 6.45) is 90.4. The lowest BCUT2D eigenvalue weighted by atomic mass is 10.0. The van der Waals surface area contributed by atoms with Crippen LogP contribution in [0.1, 0.15) is 278 Å². The number of ether oxygens (including phenoxy) is 3. The van der Waals surface area contributed by atoms with Gasteiger partial charge >= 0.3 is 17.9 Å². The van der Waals surface area contributed by atoms with Gasteiger partial charge in [0.2, 0.25) is 0 Å². The van der Waals surface area contributed by atoms with Gasteiger partial charge in [-0.1, -0.05) is 289 Å². The van der Waals surface area contributed by atoms with Crippen molar-refractivity contribution in [3.63, 3.8) is 0 Å². The van der Waals surface area contributed by atoms with Gasteiger partial charge in [0.15, 0.2) is 6.10 Å². The average molecular weight is 1070 g/mol. The highest BCUT2D eigenvalue weighted by molar-refractivity contribution is 5.71. The summed E-state index contributed by atoms with van der Waals surface area (Å²) < 4.78 is 16.8. The first kappa shape index (κ1) is 72.5. The van der Waals surface area contributed by atoms with Crippen molar-refractivity contribution in [3.05, 3.63) is 134 Å². The third-order valence-electron chi connectivity index (χ3n) is 13.2. The quantitative estimate of drug-likeness (QED) is 0.0261. The molecule has 0 aromatic rings. The fourth-order valence-corrected chi connectivity index (χ4v) is 8.50. The topological polar surface area (TPSA) is 78.9 Å². The second kappa shape index (κ2) is 64.1. The van der Waals surface area contributed by atoms with E-state index in [-0.39, 0.29) is 37.5 Å². The maximum atomic E-state index is 12.9. The van der Waals surface area contributed by atoms with Crippen LogP contribution in [0, 0.1) is 0 Å². The summed E-state index contributed by atoms with van der Waals surface area (Å²) >= 11 is 0. The molecule has 0 saturated heterocycles. The first-order valence-corrected chi connectivity index (χ1v) is 31.7. The Kier molecular flexibility index (Phi) is 60.4. The van der Waals surface area contributed by atoms with Gasteiger partial charge in [-0.2, -0.15) is 0 Å². The Morgan fingerprint density at radius 1 is 0.273 bits per heavy atom. The summed E-state index contributed by atoms with van der Waals surface area (Å²) in [5.74, 6) is -0.998. The van der Waals surface area contributed by atoms with E-state index in [2.05, 4.69) is 148 Å². The Hall–Kier alpha value is -4.45. The molecule has 0 spiro atoms. The molecule has 0 rings (SSSR count). The highest BCUT2D eigenvalue weighted by Gasteiger charge is 2.19. The molecule has 0 aliphatic rings. The second-order valence-corrected chi connectivity index (χ2v) is 20.6. The summed E-state index contributed by atoms with van der Waals surface area (Å²) in [5.41, 5.74) is 0. The van der Waals surface area contributed by atoms with E-state index in [1.54, 1.807) is 0 Å². The number of hydrogen-bond acceptors (Lipinski definition) is 6. The Morgan fingerprint density at radius 2 is 0.532 bits per heavy atom. The number of unbranched alkanes of at least 4 members (excludes halogenated alkanes) is 23. The fourth-order valence-electron chi connectivity index (χ4n) is 8.50. The minimum absolute atomic E-state index is 0.108. The molecular formula is C71H116O6. The Labute approximate surface area is 475 Å². The van der Waals surface area contributed by atoms with Crippen molar-refractivity contribution in [2.24, 2.45) is 0 Å². The standard InChI is InChI=1S/C71H116O6/c1-4-7-10-13-16-19-22-25-27-29-30-31-32-33-34-35-36-37-38-39-40-42-43-46-49-52-55-58-61-64-70(73)76-67-68(66-75-69(72)63-60-57-54-51-48-45-24-21-18-15-12-9-6-3)77-71(74)65-62-59-56-53-50-47-44-41-28-26-23-20-17-14-11-8-5-2/h7,9-10,12,16,18-19,21,25,27,30-31,33-34,36-37,39-40,45,48,54,57,68H,4-6,8,11,13-15,17,20,22-24,26,28-29,32,35,38,41-44,46-47,49-53,55-56,58-67H2,1-3H3/b10-7-,12-9-,19-16-,21-18-,27-25-,31-30-,34-33-,37-36-,40-39-,48-45-,57-54-. The van der Waals surface area contributed by atoms with Crippen LogP contribution in [-0.4, -0.2) is 37.2 Å². The third-order valence-corrected chi connectivity index (χ3v) is 13.2. The van der Waals surface area contributed by atoms with Crippen molar-refractivity contribution in [3.8, 4) is 0 Å². The zero-order valence-corrected chi connectivity index (χ0v) is 49.9. The van der Waals surface area contributed by atoms with Crippen LogP contribution in [0.5, 0.6) is 0 Å². The largest absolute Gasteiger partial charge is 0.462 e. The van der Waals surface area contributed by atoms with Gasteiger partial charge in [-0.25, -0.2) is 0 Å². The molecule has 0 aliphatic heterocycles. The lowest BCUT2D eigenvalue weighted by Gasteiger charge is -2.18. The molecule has 0 aliphatic carbocycles. The van der Waals surface area contributed by atoms with Crippen LogP contribution in [0.15, 0.2) is 134 Å². The van der Waals surface area contributed by atoms with Crippen molar-refractivity contribution >= 4 is 17.9 Å². The number of carbonyl (C=O) groups is 3. The molecular weight excluding hydrogens is 949 g/mol. The van der Waals surface area contributed by atoms with Gasteiger partial charge in [-0.3, -0.25) is 14.4 Å². The first-order valence-electron chi connectivity index (χ1n) is 31.7. The summed E-state index contributed by atoms with van der Waals surface area (Å²) in [4.78, 5) is 38.2. The summed E-state index contributed by atoms with van der Waals surface area (Å²) in [7, 11) is 0. The molecule has 0 heterocycles. The van der Waals surface area contributed by atoms with Gasteiger partial charge in [0.05, 0.1) is 0 Å². The van der Waals surface area contributed by atoms with E-state index in [0.717, 1.165) is 116 Å². The molecule has 77 heavy (non-hydrogen) atoms. The van der Waals surface area contributed by atoms with Crippen LogP contribution in [0.3, 0.4) is 0 Å². The molecule has 0 aromatic carbocycles. The number of esters is 3. The first-order chi connectivity index (χ1) is 38.0. The van der Waals surface area contributed by atoms with E-state index in [4.69, 9.17) is 14.2 Å². The number of rotatable bonds is 56. The zero-order chi connectivity index (χ0) is 55.7. The summed E-state index contributed by atoms with van der Waals surface area (Å²) in [5, 5.41) is 0. The molecule has 0 aromatic heterocycles. The van der Waals surface area contributed by atoms with Gasteiger partial charge < -0.3 is 14.2 Å². The van der Waals surface area contributed by atoms with Crippen LogP contribution >= 0.6 is 0 Å². The predicted octanol–water partition coefficient (Wildman–Crippen LogP) is 21.8. The molecule has 1 atom stereocenters. The zero-order valence-electron chi connectivity index (χ0n) is 49.9. The van der Waals surface area contributed by atoms with Crippen LogP contribution in [-0.2, 0) is 28.6 Å². The number of carbonyl (C=O) groups excluding carboxylic acids is 3. The van der Waals surface area contributed by atoms with Gasteiger partial charge in [0.1, 0.15) is 13.2 Å². The van der Waals surface area contributed by atoms with Gasteiger partial charge in [-0.05, 0) is 103 Å². The predicted molar refractivity (Wildman–Crippen MR) is 334 cm³/mol. The molecule has 0 amide bonds. The lowest BCUT2D eigenvalue weighted by Crippen LogP contribution is -2.30. The van der Waals surface area contributed by atoms with Crippen molar-refractivity contribution in [1.29, 1.82) is 0 Å². The molecule has 1 unspecified atom stereocenters. The minimum Gasteiger partial charge on any atom is -0.462 e. The maximum absolute atomic E-state index is 12.9. The van der Waals surface area contributed by atoms with E-state index in [0.29, 0.717) is 19.3 Å². The van der Waals surface area contributed by atoms with Gasteiger partial charge in [0, 0.05) is 19.3 Å². The van der Waals surface area contributed by atoms with Crippen molar-refractivity contribution < 1.29 is 28.6 Å². The summed E-state index contributed by atoms with van der Waals surface area (Å²) in [6.45, 7) is 6.35. The van der Waals surface area contributed by atoms with Crippen molar-refractivity contribution in [2.45, 2.75) is 284 Å². The van der Waals surface area contributed by atoms with Crippen LogP contribution in [0.2, 0.25) is 0 Å². The third kappa shape index (κ3) is 62.3. The normalized spacial score (nSPS) is 13.0.